The molecule has 1 N–H and O–H groups in total. The van der Waals surface area contributed by atoms with Gasteiger partial charge in [-0.25, -0.2) is 0 Å². The van der Waals surface area contributed by atoms with E-state index in [4.69, 9.17) is 14.2 Å². The first kappa shape index (κ1) is 19.4. The van der Waals surface area contributed by atoms with Crippen molar-refractivity contribution >= 4 is 17.7 Å². The Kier molecular flexibility index (Phi) is 7.09. The van der Waals surface area contributed by atoms with Crippen LogP contribution in [0.25, 0.3) is 6.08 Å². The average Bonchev–Trinajstić information content (AvgIpc) is 2.62. The van der Waals surface area contributed by atoms with Crippen LogP contribution in [0.4, 0.5) is 5.69 Å². The molecule has 2 aromatic carbocycles. The zero-order valence-electron chi connectivity index (χ0n) is 15.7. The number of rotatable bonds is 8. The molecule has 138 valence electrons. The van der Waals surface area contributed by atoms with Crippen molar-refractivity contribution in [2.45, 2.75) is 20.8 Å². The van der Waals surface area contributed by atoms with E-state index < -0.39 is 0 Å². The lowest BCUT2D eigenvalue weighted by Gasteiger charge is -2.11. The Morgan fingerprint density at radius 2 is 1.69 bits per heavy atom. The van der Waals surface area contributed by atoms with Crippen LogP contribution >= 0.6 is 0 Å². The molecule has 0 aliphatic carbocycles. The molecule has 0 fully saturated rings. The van der Waals surface area contributed by atoms with Gasteiger partial charge in [-0.05, 0) is 62.2 Å². The van der Waals surface area contributed by atoms with Gasteiger partial charge >= 0.3 is 0 Å². The van der Waals surface area contributed by atoms with Gasteiger partial charge in [0.15, 0.2) is 11.5 Å². The van der Waals surface area contributed by atoms with E-state index in [9.17, 15) is 4.79 Å². The highest BCUT2D eigenvalue weighted by Crippen LogP contribution is 2.29. The molecule has 0 bridgehead atoms. The fraction of sp³-hybridized carbons (Fsp3) is 0.286. The molecule has 1 amide bonds. The number of hydrogen-bond acceptors (Lipinski definition) is 4. The summed E-state index contributed by atoms with van der Waals surface area (Å²) in [5.41, 5.74) is 2.53. The molecule has 0 saturated carbocycles. The Bertz CT molecular complexity index is 784. The van der Waals surface area contributed by atoms with E-state index in [0.29, 0.717) is 36.1 Å². The van der Waals surface area contributed by atoms with Crippen LogP contribution in [-0.2, 0) is 4.79 Å². The fourth-order valence-electron chi connectivity index (χ4n) is 2.44. The quantitative estimate of drug-likeness (QED) is 0.711. The predicted molar refractivity (Wildman–Crippen MR) is 104 cm³/mol. The maximum Gasteiger partial charge on any atom is 0.248 e. The Balaban J connectivity index is 2.12. The summed E-state index contributed by atoms with van der Waals surface area (Å²) in [4.78, 5) is 12.2. The number of carbonyl (C=O) groups is 1. The van der Waals surface area contributed by atoms with E-state index in [1.807, 2.05) is 57.2 Å². The molecule has 26 heavy (non-hydrogen) atoms. The van der Waals surface area contributed by atoms with Gasteiger partial charge in [-0.3, -0.25) is 4.79 Å². The Hall–Kier alpha value is -2.95. The van der Waals surface area contributed by atoms with Gasteiger partial charge in [-0.1, -0.05) is 12.1 Å². The molecule has 5 heteroatoms. The molecule has 2 rings (SSSR count). The van der Waals surface area contributed by atoms with Crippen molar-refractivity contribution < 1.29 is 19.0 Å². The molecule has 0 radical (unpaired) electrons. The molecule has 0 aliphatic heterocycles. The number of amides is 1. The number of methoxy groups -OCH3 is 1. The maximum atomic E-state index is 12.2. The third kappa shape index (κ3) is 5.28. The van der Waals surface area contributed by atoms with Gasteiger partial charge in [0.25, 0.3) is 0 Å². The SMILES string of the molecule is CCOc1ccc(C=CC(=O)Nc2cc(C)ccc2OC)cc1OCC. The van der Waals surface area contributed by atoms with E-state index in [2.05, 4.69) is 5.32 Å². The molecule has 0 unspecified atom stereocenters. The van der Waals surface area contributed by atoms with Crippen molar-refractivity contribution in [3.63, 3.8) is 0 Å². The van der Waals surface area contributed by atoms with Gasteiger partial charge < -0.3 is 19.5 Å². The minimum Gasteiger partial charge on any atom is -0.495 e. The summed E-state index contributed by atoms with van der Waals surface area (Å²) in [6.45, 7) is 6.91. The summed E-state index contributed by atoms with van der Waals surface area (Å²) in [6.07, 6.45) is 3.21. The lowest BCUT2D eigenvalue weighted by molar-refractivity contribution is -0.111. The van der Waals surface area contributed by atoms with Gasteiger partial charge in [0, 0.05) is 6.08 Å². The standard InChI is InChI=1S/C21H25NO4/c1-5-25-19-11-8-16(14-20(19)26-6-2)9-12-21(23)22-17-13-15(3)7-10-18(17)24-4/h7-14H,5-6H2,1-4H3,(H,22,23). The monoisotopic (exact) mass is 355 g/mol. The summed E-state index contributed by atoms with van der Waals surface area (Å²) in [6, 6.07) is 11.2. The third-order valence-corrected chi connectivity index (χ3v) is 3.61. The number of ether oxygens (including phenoxy) is 3. The number of nitrogens with one attached hydrogen (secondary N) is 1. The van der Waals surface area contributed by atoms with Gasteiger partial charge in [0.2, 0.25) is 5.91 Å². The van der Waals surface area contributed by atoms with Crippen LogP contribution in [0.15, 0.2) is 42.5 Å². The van der Waals surface area contributed by atoms with Crippen LogP contribution in [0.3, 0.4) is 0 Å². The average molecular weight is 355 g/mol. The zero-order chi connectivity index (χ0) is 18.9. The summed E-state index contributed by atoms with van der Waals surface area (Å²) in [7, 11) is 1.57. The highest BCUT2D eigenvalue weighted by molar-refractivity contribution is 6.02. The van der Waals surface area contributed by atoms with Gasteiger partial charge in [0.1, 0.15) is 5.75 Å². The number of benzene rings is 2. The second-order valence-electron chi connectivity index (χ2n) is 5.60. The maximum absolute atomic E-state index is 12.2. The molecule has 0 heterocycles. The molecule has 0 aromatic heterocycles. The fourth-order valence-corrected chi connectivity index (χ4v) is 2.44. The minimum absolute atomic E-state index is 0.235. The van der Waals surface area contributed by atoms with E-state index in [-0.39, 0.29) is 5.91 Å². The Morgan fingerprint density at radius 3 is 2.38 bits per heavy atom. The first-order chi connectivity index (χ1) is 12.6. The van der Waals surface area contributed by atoms with Crippen LogP contribution in [-0.4, -0.2) is 26.2 Å². The zero-order valence-corrected chi connectivity index (χ0v) is 15.7. The Labute approximate surface area is 154 Å². The molecule has 0 spiro atoms. The number of carbonyl (C=O) groups excluding carboxylic acids is 1. The van der Waals surface area contributed by atoms with E-state index in [0.717, 1.165) is 11.1 Å². The van der Waals surface area contributed by atoms with Crippen molar-refractivity contribution in [2.24, 2.45) is 0 Å². The smallest absolute Gasteiger partial charge is 0.248 e. The van der Waals surface area contributed by atoms with Crippen molar-refractivity contribution in [2.75, 3.05) is 25.6 Å². The molecule has 2 aromatic rings. The van der Waals surface area contributed by atoms with Gasteiger partial charge in [-0.15, -0.1) is 0 Å². The normalized spacial score (nSPS) is 10.6. The topological polar surface area (TPSA) is 56.8 Å². The molecule has 0 aliphatic rings. The second kappa shape index (κ2) is 9.51. The summed E-state index contributed by atoms with van der Waals surface area (Å²) in [5, 5.41) is 2.84. The predicted octanol–water partition coefficient (Wildman–Crippen LogP) is 4.45. The van der Waals surface area contributed by atoms with Crippen molar-refractivity contribution in [3.05, 3.63) is 53.6 Å². The van der Waals surface area contributed by atoms with Crippen LogP contribution in [0.1, 0.15) is 25.0 Å². The van der Waals surface area contributed by atoms with Gasteiger partial charge in [0.05, 0.1) is 26.0 Å². The lowest BCUT2D eigenvalue weighted by Crippen LogP contribution is -2.09. The van der Waals surface area contributed by atoms with E-state index in [1.165, 1.54) is 6.08 Å². The van der Waals surface area contributed by atoms with E-state index >= 15 is 0 Å². The molecule has 0 atom stereocenters. The van der Waals surface area contributed by atoms with Crippen molar-refractivity contribution in [1.82, 2.24) is 0 Å². The van der Waals surface area contributed by atoms with Crippen LogP contribution < -0.4 is 19.5 Å². The molecule has 0 saturated heterocycles. The third-order valence-electron chi connectivity index (χ3n) is 3.61. The summed E-state index contributed by atoms with van der Waals surface area (Å²) >= 11 is 0. The van der Waals surface area contributed by atoms with Crippen molar-refractivity contribution in [3.8, 4) is 17.2 Å². The lowest BCUT2D eigenvalue weighted by atomic mass is 10.1. The van der Waals surface area contributed by atoms with Gasteiger partial charge in [-0.2, -0.15) is 0 Å². The number of hydrogen-bond donors (Lipinski definition) is 1. The highest BCUT2D eigenvalue weighted by Gasteiger charge is 2.07. The minimum atomic E-state index is -0.235. The number of anilines is 1. The number of aryl methyl sites for hydroxylation is 1. The van der Waals surface area contributed by atoms with Crippen LogP contribution in [0.2, 0.25) is 0 Å². The van der Waals surface area contributed by atoms with Crippen LogP contribution in [0, 0.1) is 6.92 Å². The van der Waals surface area contributed by atoms with Crippen molar-refractivity contribution in [1.29, 1.82) is 0 Å². The molecular formula is C21H25NO4. The Morgan fingerprint density at radius 1 is 1.00 bits per heavy atom. The summed E-state index contributed by atoms with van der Waals surface area (Å²) < 4.78 is 16.4. The summed E-state index contributed by atoms with van der Waals surface area (Å²) in [5.74, 6) is 1.75. The second-order valence-corrected chi connectivity index (χ2v) is 5.60. The largest absolute Gasteiger partial charge is 0.495 e. The van der Waals surface area contributed by atoms with Crippen LogP contribution in [0.5, 0.6) is 17.2 Å². The first-order valence-electron chi connectivity index (χ1n) is 8.60. The highest BCUT2D eigenvalue weighted by atomic mass is 16.5. The van der Waals surface area contributed by atoms with E-state index in [1.54, 1.807) is 13.2 Å². The molecule has 5 nitrogen and oxygen atoms in total. The molecular weight excluding hydrogens is 330 g/mol. The first-order valence-corrected chi connectivity index (χ1v) is 8.60.